The van der Waals surface area contributed by atoms with Crippen molar-refractivity contribution in [1.82, 2.24) is 19.5 Å². The number of benzene rings is 2. The van der Waals surface area contributed by atoms with E-state index in [1.807, 2.05) is 24.5 Å². The second kappa shape index (κ2) is 6.33. The number of nitrogens with one attached hydrogen (secondary N) is 1. The SMILES string of the molecule is c1ccc(CCn2cnc3c2CCN(c2nc4ccccc4[nH]2)C3)cc1. The van der Waals surface area contributed by atoms with Crippen LogP contribution in [0.25, 0.3) is 11.0 Å². The molecule has 130 valence electrons. The minimum atomic E-state index is 0.813. The van der Waals surface area contributed by atoms with E-state index in [-0.39, 0.29) is 0 Å². The molecule has 0 bridgehead atoms. The first-order valence-corrected chi connectivity index (χ1v) is 9.13. The van der Waals surface area contributed by atoms with Gasteiger partial charge in [-0.05, 0) is 24.1 Å². The number of aryl methyl sites for hydroxylation is 2. The molecule has 26 heavy (non-hydrogen) atoms. The topological polar surface area (TPSA) is 49.7 Å². The number of H-pyrrole nitrogens is 1. The minimum Gasteiger partial charge on any atom is -0.336 e. The molecule has 0 saturated carbocycles. The Bertz CT molecular complexity index is 998. The molecule has 0 unspecified atom stereocenters. The van der Waals surface area contributed by atoms with Gasteiger partial charge >= 0.3 is 0 Å². The second-order valence-corrected chi connectivity index (χ2v) is 6.82. The molecule has 4 aromatic rings. The summed E-state index contributed by atoms with van der Waals surface area (Å²) in [6.45, 7) is 2.76. The Hall–Kier alpha value is -3.08. The fraction of sp³-hybridized carbons (Fsp3) is 0.238. The Morgan fingerprint density at radius 3 is 2.73 bits per heavy atom. The van der Waals surface area contributed by atoms with Crippen molar-refractivity contribution >= 4 is 17.0 Å². The predicted molar refractivity (Wildman–Crippen MR) is 103 cm³/mol. The Morgan fingerprint density at radius 1 is 1.00 bits per heavy atom. The number of hydrogen-bond acceptors (Lipinski definition) is 3. The van der Waals surface area contributed by atoms with Crippen LogP contribution < -0.4 is 4.90 Å². The number of rotatable bonds is 4. The van der Waals surface area contributed by atoms with Crippen LogP contribution in [0.1, 0.15) is 17.0 Å². The summed E-state index contributed by atoms with van der Waals surface area (Å²) >= 11 is 0. The van der Waals surface area contributed by atoms with E-state index in [0.29, 0.717) is 0 Å². The van der Waals surface area contributed by atoms with Crippen LogP contribution in [0.4, 0.5) is 5.95 Å². The van der Waals surface area contributed by atoms with Gasteiger partial charge < -0.3 is 14.5 Å². The summed E-state index contributed by atoms with van der Waals surface area (Å²) in [6, 6.07) is 18.8. The lowest BCUT2D eigenvalue weighted by Crippen LogP contribution is -2.32. The molecular formula is C21H21N5. The molecule has 1 aliphatic rings. The molecule has 0 aliphatic carbocycles. The molecule has 0 spiro atoms. The van der Waals surface area contributed by atoms with E-state index in [2.05, 4.69) is 55.8 Å². The molecular weight excluding hydrogens is 322 g/mol. The van der Waals surface area contributed by atoms with Gasteiger partial charge in [0.25, 0.3) is 0 Å². The average Bonchev–Trinajstić information content (AvgIpc) is 3.30. The third-order valence-electron chi connectivity index (χ3n) is 5.15. The third-order valence-corrected chi connectivity index (χ3v) is 5.15. The van der Waals surface area contributed by atoms with E-state index in [1.165, 1.54) is 17.0 Å². The van der Waals surface area contributed by atoms with Gasteiger partial charge in [-0.2, -0.15) is 0 Å². The van der Waals surface area contributed by atoms with E-state index in [9.17, 15) is 0 Å². The summed E-state index contributed by atoms with van der Waals surface area (Å²) in [5.41, 5.74) is 6.01. The molecule has 2 aromatic carbocycles. The highest BCUT2D eigenvalue weighted by molar-refractivity contribution is 5.77. The van der Waals surface area contributed by atoms with Crippen LogP contribution in [0, 0.1) is 0 Å². The molecule has 0 fully saturated rings. The van der Waals surface area contributed by atoms with E-state index in [4.69, 9.17) is 4.98 Å². The smallest absolute Gasteiger partial charge is 0.204 e. The van der Waals surface area contributed by atoms with E-state index in [0.717, 1.165) is 49.5 Å². The summed E-state index contributed by atoms with van der Waals surface area (Å²) in [4.78, 5) is 15.1. The van der Waals surface area contributed by atoms with Crippen molar-refractivity contribution in [1.29, 1.82) is 0 Å². The van der Waals surface area contributed by atoms with Gasteiger partial charge in [-0.1, -0.05) is 42.5 Å². The highest BCUT2D eigenvalue weighted by Crippen LogP contribution is 2.24. The zero-order valence-electron chi connectivity index (χ0n) is 14.6. The van der Waals surface area contributed by atoms with Crippen molar-refractivity contribution in [2.24, 2.45) is 0 Å². The number of para-hydroxylation sites is 2. The fourth-order valence-corrected chi connectivity index (χ4v) is 3.73. The van der Waals surface area contributed by atoms with Crippen LogP contribution in [-0.4, -0.2) is 26.1 Å². The zero-order valence-corrected chi connectivity index (χ0v) is 14.6. The van der Waals surface area contributed by atoms with Gasteiger partial charge in [0.1, 0.15) is 0 Å². The summed E-state index contributed by atoms with van der Waals surface area (Å²) in [5, 5.41) is 0. The van der Waals surface area contributed by atoms with Gasteiger partial charge in [0.05, 0.1) is 29.6 Å². The van der Waals surface area contributed by atoms with E-state index in [1.54, 1.807) is 0 Å². The van der Waals surface area contributed by atoms with Gasteiger partial charge in [0.2, 0.25) is 5.95 Å². The molecule has 5 nitrogen and oxygen atoms in total. The first-order chi connectivity index (χ1) is 12.9. The lowest BCUT2D eigenvalue weighted by Gasteiger charge is -2.26. The van der Waals surface area contributed by atoms with Crippen LogP contribution in [0.2, 0.25) is 0 Å². The largest absolute Gasteiger partial charge is 0.336 e. The Labute approximate surface area is 152 Å². The van der Waals surface area contributed by atoms with Crippen molar-refractivity contribution in [2.45, 2.75) is 25.9 Å². The van der Waals surface area contributed by atoms with Crippen molar-refractivity contribution < 1.29 is 0 Å². The number of fused-ring (bicyclic) bond motifs is 2. The molecule has 0 saturated heterocycles. The molecule has 5 rings (SSSR count). The van der Waals surface area contributed by atoms with Crippen LogP contribution in [0.15, 0.2) is 60.9 Å². The van der Waals surface area contributed by atoms with Crippen LogP contribution >= 0.6 is 0 Å². The lowest BCUT2D eigenvalue weighted by molar-refractivity contribution is 0.620. The molecule has 0 radical (unpaired) electrons. The number of anilines is 1. The number of hydrogen-bond donors (Lipinski definition) is 1. The van der Waals surface area contributed by atoms with E-state index >= 15 is 0 Å². The number of aromatic amines is 1. The van der Waals surface area contributed by atoms with Crippen molar-refractivity contribution in [3.8, 4) is 0 Å². The molecule has 0 atom stereocenters. The van der Waals surface area contributed by atoms with E-state index < -0.39 is 0 Å². The normalized spacial score (nSPS) is 13.9. The first-order valence-electron chi connectivity index (χ1n) is 9.13. The van der Waals surface area contributed by atoms with Crippen molar-refractivity contribution in [2.75, 3.05) is 11.4 Å². The van der Waals surface area contributed by atoms with Gasteiger partial charge in [-0.25, -0.2) is 9.97 Å². The number of nitrogens with zero attached hydrogens (tertiary/aromatic N) is 4. The van der Waals surface area contributed by atoms with Gasteiger partial charge in [0, 0.05) is 25.2 Å². The minimum absolute atomic E-state index is 0.813. The van der Waals surface area contributed by atoms with Gasteiger partial charge in [-0.15, -0.1) is 0 Å². The molecule has 3 heterocycles. The van der Waals surface area contributed by atoms with Crippen LogP contribution in [0.3, 0.4) is 0 Å². The van der Waals surface area contributed by atoms with Crippen molar-refractivity contribution in [3.05, 3.63) is 77.9 Å². The van der Waals surface area contributed by atoms with Crippen LogP contribution in [-0.2, 0) is 25.9 Å². The maximum Gasteiger partial charge on any atom is 0.204 e. The van der Waals surface area contributed by atoms with Gasteiger partial charge in [0.15, 0.2) is 0 Å². The zero-order chi connectivity index (χ0) is 17.3. The molecule has 1 aliphatic heterocycles. The summed E-state index contributed by atoms with van der Waals surface area (Å²) in [5.74, 6) is 0.940. The highest BCUT2D eigenvalue weighted by Gasteiger charge is 2.22. The third kappa shape index (κ3) is 2.75. The average molecular weight is 343 g/mol. The fourth-order valence-electron chi connectivity index (χ4n) is 3.73. The van der Waals surface area contributed by atoms with Gasteiger partial charge in [-0.3, -0.25) is 0 Å². The molecule has 0 amide bonds. The molecule has 1 N–H and O–H groups in total. The van der Waals surface area contributed by atoms with Crippen LogP contribution in [0.5, 0.6) is 0 Å². The maximum absolute atomic E-state index is 4.73. The standard InChI is InChI=1S/C21H21N5/c1-2-6-16(7-3-1)10-12-26-15-22-19-14-25(13-11-20(19)26)21-23-17-8-4-5-9-18(17)24-21/h1-9,15H,10-14H2,(H,23,24). The quantitative estimate of drug-likeness (QED) is 0.616. The van der Waals surface area contributed by atoms with Crippen molar-refractivity contribution in [3.63, 3.8) is 0 Å². The predicted octanol–water partition coefficient (Wildman–Crippen LogP) is 3.56. The first kappa shape index (κ1) is 15.2. The number of imidazole rings is 2. The molecule has 5 heteroatoms. The Balaban J connectivity index is 1.33. The second-order valence-electron chi connectivity index (χ2n) is 6.82. The maximum atomic E-state index is 4.73. The Morgan fingerprint density at radius 2 is 1.85 bits per heavy atom. The lowest BCUT2D eigenvalue weighted by atomic mass is 10.1. The Kier molecular flexibility index (Phi) is 3.70. The molecule has 2 aromatic heterocycles. The summed E-state index contributed by atoms with van der Waals surface area (Å²) in [7, 11) is 0. The summed E-state index contributed by atoms with van der Waals surface area (Å²) < 4.78 is 2.32. The summed E-state index contributed by atoms with van der Waals surface area (Å²) in [6.07, 6.45) is 4.04. The highest BCUT2D eigenvalue weighted by atomic mass is 15.3. The number of aromatic nitrogens is 4. The monoisotopic (exact) mass is 343 g/mol.